The Morgan fingerprint density at radius 3 is 2.67 bits per heavy atom. The minimum absolute atomic E-state index is 0.307. The van der Waals surface area contributed by atoms with Gasteiger partial charge in [-0.05, 0) is 48.4 Å². The van der Waals surface area contributed by atoms with E-state index < -0.39 is 0 Å². The van der Waals surface area contributed by atoms with Gasteiger partial charge >= 0.3 is 0 Å². The van der Waals surface area contributed by atoms with Crippen LogP contribution in [-0.2, 0) is 6.42 Å². The van der Waals surface area contributed by atoms with E-state index in [0.717, 1.165) is 5.56 Å². The molecule has 3 nitrogen and oxygen atoms in total. The van der Waals surface area contributed by atoms with Crippen LogP contribution in [0.5, 0.6) is 5.75 Å². The number of nitrogens with two attached hydrogens (primary N) is 1. The average Bonchev–Trinajstić information content (AvgIpc) is 2.48. The third kappa shape index (κ3) is 3.86. The molecule has 2 aromatic rings. The molecule has 2 rings (SSSR count). The van der Waals surface area contributed by atoms with Crippen molar-refractivity contribution in [1.29, 1.82) is 0 Å². The topological polar surface area (TPSA) is 47.3 Å². The molecular formula is C15H15Cl2FN2O. The number of hydrogen-bond acceptors (Lipinski definition) is 3. The second-order valence-corrected chi connectivity index (χ2v) is 5.39. The second kappa shape index (κ2) is 7.09. The summed E-state index contributed by atoms with van der Waals surface area (Å²) in [6, 6.07) is 9.17. The summed E-state index contributed by atoms with van der Waals surface area (Å²) in [7, 11) is 1.56. The summed E-state index contributed by atoms with van der Waals surface area (Å²) in [6.45, 7) is 0. The molecule has 3 N–H and O–H groups in total. The maximum Gasteiger partial charge on any atom is 0.123 e. The first kappa shape index (κ1) is 16.0. The van der Waals surface area contributed by atoms with Crippen LogP contribution in [0.2, 0.25) is 10.0 Å². The van der Waals surface area contributed by atoms with E-state index >= 15 is 0 Å². The normalized spacial score (nSPS) is 12.2. The third-order valence-corrected chi connectivity index (χ3v) is 3.80. The Hall–Kier alpha value is -1.33. The van der Waals surface area contributed by atoms with E-state index in [1.165, 1.54) is 18.2 Å². The number of halogens is 3. The van der Waals surface area contributed by atoms with Gasteiger partial charge in [-0.3, -0.25) is 11.3 Å². The lowest BCUT2D eigenvalue weighted by molar-refractivity contribution is 0.399. The van der Waals surface area contributed by atoms with Gasteiger partial charge < -0.3 is 4.74 Å². The van der Waals surface area contributed by atoms with Crippen molar-refractivity contribution >= 4 is 23.2 Å². The standard InChI is InChI=1S/C15H15Cl2FN2O/c1-21-15-5-2-10(16)8-12(15)14(20-19)7-9-6-11(18)3-4-13(9)17/h2-6,8,14,20H,7,19H2,1H3. The van der Waals surface area contributed by atoms with E-state index in [9.17, 15) is 4.39 Å². The van der Waals surface area contributed by atoms with E-state index in [1.54, 1.807) is 25.3 Å². The maximum atomic E-state index is 13.4. The van der Waals surface area contributed by atoms with Gasteiger partial charge in [-0.1, -0.05) is 23.2 Å². The number of benzene rings is 2. The van der Waals surface area contributed by atoms with Crippen LogP contribution in [0.3, 0.4) is 0 Å². The third-order valence-electron chi connectivity index (χ3n) is 3.20. The molecule has 1 unspecified atom stereocenters. The Kier molecular flexibility index (Phi) is 5.42. The second-order valence-electron chi connectivity index (χ2n) is 4.55. The quantitative estimate of drug-likeness (QED) is 0.646. The van der Waals surface area contributed by atoms with Crippen LogP contribution in [0.25, 0.3) is 0 Å². The lowest BCUT2D eigenvalue weighted by atomic mass is 9.98. The van der Waals surface area contributed by atoms with Gasteiger partial charge in [0.2, 0.25) is 0 Å². The predicted molar refractivity (Wildman–Crippen MR) is 83.2 cm³/mol. The molecule has 0 heterocycles. The SMILES string of the molecule is COc1ccc(Cl)cc1C(Cc1cc(F)ccc1Cl)NN. The zero-order chi connectivity index (χ0) is 15.4. The Labute approximate surface area is 132 Å². The molecular weight excluding hydrogens is 314 g/mol. The highest BCUT2D eigenvalue weighted by molar-refractivity contribution is 6.31. The number of hydrazine groups is 1. The summed E-state index contributed by atoms with van der Waals surface area (Å²) < 4.78 is 18.7. The first-order valence-electron chi connectivity index (χ1n) is 6.28. The fraction of sp³-hybridized carbons (Fsp3) is 0.200. The monoisotopic (exact) mass is 328 g/mol. The summed E-state index contributed by atoms with van der Waals surface area (Å²) in [5.41, 5.74) is 4.14. The molecule has 0 aliphatic carbocycles. The highest BCUT2D eigenvalue weighted by atomic mass is 35.5. The van der Waals surface area contributed by atoms with E-state index in [2.05, 4.69) is 5.43 Å². The maximum absolute atomic E-state index is 13.4. The zero-order valence-corrected chi connectivity index (χ0v) is 12.9. The molecule has 21 heavy (non-hydrogen) atoms. The Bertz CT molecular complexity index is 637. The largest absolute Gasteiger partial charge is 0.496 e. The highest BCUT2D eigenvalue weighted by Gasteiger charge is 2.17. The molecule has 0 amide bonds. The van der Waals surface area contributed by atoms with Crippen LogP contribution < -0.4 is 16.0 Å². The summed E-state index contributed by atoms with van der Waals surface area (Å²) >= 11 is 12.1. The van der Waals surface area contributed by atoms with Crippen LogP contribution in [0.4, 0.5) is 4.39 Å². The summed E-state index contributed by atoms with van der Waals surface area (Å²) in [5, 5.41) is 1.05. The number of ether oxygens (including phenoxy) is 1. The Balaban J connectivity index is 2.36. The molecule has 0 aliphatic heterocycles. The van der Waals surface area contributed by atoms with Gasteiger partial charge in [0.25, 0.3) is 0 Å². The number of methoxy groups -OCH3 is 1. The lowest BCUT2D eigenvalue weighted by Gasteiger charge is -2.20. The van der Waals surface area contributed by atoms with Gasteiger partial charge in [0.15, 0.2) is 0 Å². The molecule has 0 aliphatic rings. The smallest absolute Gasteiger partial charge is 0.123 e. The number of hydrogen-bond donors (Lipinski definition) is 2. The van der Waals surface area contributed by atoms with Gasteiger partial charge in [-0.15, -0.1) is 0 Å². The molecule has 112 valence electrons. The van der Waals surface area contributed by atoms with E-state index in [-0.39, 0.29) is 11.9 Å². The average molecular weight is 329 g/mol. The van der Waals surface area contributed by atoms with Gasteiger partial charge in [0, 0.05) is 15.6 Å². The van der Waals surface area contributed by atoms with Crippen molar-refractivity contribution in [2.24, 2.45) is 5.84 Å². The summed E-state index contributed by atoms with van der Waals surface area (Å²) in [4.78, 5) is 0. The molecule has 0 aromatic heterocycles. The fourth-order valence-corrected chi connectivity index (χ4v) is 2.53. The summed E-state index contributed by atoms with van der Waals surface area (Å²) in [6.07, 6.45) is 0.407. The Morgan fingerprint density at radius 1 is 1.24 bits per heavy atom. The first-order chi connectivity index (χ1) is 10.0. The highest BCUT2D eigenvalue weighted by Crippen LogP contribution is 2.31. The van der Waals surface area contributed by atoms with E-state index in [4.69, 9.17) is 33.8 Å². The van der Waals surface area contributed by atoms with E-state index in [1.807, 2.05) is 0 Å². The molecule has 0 radical (unpaired) electrons. The molecule has 0 saturated heterocycles. The van der Waals surface area contributed by atoms with Crippen molar-refractivity contribution in [1.82, 2.24) is 5.43 Å². The minimum Gasteiger partial charge on any atom is -0.496 e. The van der Waals surface area contributed by atoms with Crippen LogP contribution in [0.1, 0.15) is 17.2 Å². The fourth-order valence-electron chi connectivity index (χ4n) is 2.16. The van der Waals surface area contributed by atoms with Crippen LogP contribution in [-0.4, -0.2) is 7.11 Å². The zero-order valence-electron chi connectivity index (χ0n) is 11.4. The molecule has 6 heteroatoms. The molecule has 1 atom stereocenters. The van der Waals surface area contributed by atoms with Crippen LogP contribution >= 0.6 is 23.2 Å². The number of rotatable bonds is 5. The van der Waals surface area contributed by atoms with Crippen molar-refractivity contribution in [3.05, 3.63) is 63.4 Å². The Morgan fingerprint density at radius 2 is 2.00 bits per heavy atom. The van der Waals surface area contributed by atoms with Gasteiger partial charge in [0.1, 0.15) is 11.6 Å². The van der Waals surface area contributed by atoms with E-state index in [0.29, 0.717) is 27.8 Å². The van der Waals surface area contributed by atoms with Crippen molar-refractivity contribution < 1.29 is 9.13 Å². The van der Waals surface area contributed by atoms with Gasteiger partial charge in [0.05, 0.1) is 13.2 Å². The minimum atomic E-state index is -0.344. The van der Waals surface area contributed by atoms with Crippen molar-refractivity contribution in [2.45, 2.75) is 12.5 Å². The summed E-state index contributed by atoms with van der Waals surface area (Å²) in [5.74, 6) is 5.93. The van der Waals surface area contributed by atoms with Crippen molar-refractivity contribution in [3.8, 4) is 5.75 Å². The predicted octanol–water partition coefficient (Wildman–Crippen LogP) is 3.89. The van der Waals surface area contributed by atoms with Gasteiger partial charge in [-0.2, -0.15) is 0 Å². The van der Waals surface area contributed by atoms with Crippen molar-refractivity contribution in [2.75, 3.05) is 7.11 Å². The van der Waals surface area contributed by atoms with Crippen molar-refractivity contribution in [3.63, 3.8) is 0 Å². The van der Waals surface area contributed by atoms with Gasteiger partial charge in [-0.25, -0.2) is 4.39 Å². The molecule has 0 spiro atoms. The number of nitrogens with one attached hydrogen (secondary N) is 1. The molecule has 2 aromatic carbocycles. The molecule has 0 fully saturated rings. The lowest BCUT2D eigenvalue weighted by Crippen LogP contribution is -2.30. The molecule has 0 bridgehead atoms. The van der Waals surface area contributed by atoms with Crippen LogP contribution in [0, 0.1) is 5.82 Å². The first-order valence-corrected chi connectivity index (χ1v) is 7.04. The molecule has 0 saturated carbocycles. The van der Waals surface area contributed by atoms with Crippen LogP contribution in [0.15, 0.2) is 36.4 Å².